The van der Waals surface area contributed by atoms with E-state index in [2.05, 4.69) is 0 Å². The van der Waals surface area contributed by atoms with Crippen LogP contribution < -0.4 is 0 Å². The summed E-state index contributed by atoms with van der Waals surface area (Å²) in [4.78, 5) is 0. The van der Waals surface area contributed by atoms with E-state index in [9.17, 15) is 123 Å². The molecule has 0 aliphatic carbocycles. The molecule has 32 heteroatoms. The Morgan fingerprint density at radius 3 is 0.761 bits per heavy atom. The number of hydrogen-bond donors (Lipinski definition) is 2. The Morgan fingerprint density at radius 1 is 0.261 bits per heavy atom. The van der Waals surface area contributed by atoms with E-state index in [1.165, 1.54) is 0 Å². The lowest BCUT2D eigenvalue weighted by Crippen LogP contribution is -2.82. The normalized spacial score (nSPS) is 18.1. The fraction of sp³-hybridized carbons (Fsp3) is 1.00. The van der Waals surface area contributed by atoms with Crippen molar-refractivity contribution in [1.82, 2.24) is 0 Å². The molecule has 2 N–H and O–H groups in total. The quantitative estimate of drug-likeness (QED) is 0.190. The second-order valence-electron chi connectivity index (χ2n) is 7.96. The smallest absolute Gasteiger partial charge is 0.371 e. The van der Waals surface area contributed by atoms with Gasteiger partial charge in [0.05, 0.1) is 0 Å². The fourth-order valence-corrected chi connectivity index (χ4v) is 2.34. The van der Waals surface area contributed by atoms with Gasteiger partial charge >= 0.3 is 78.4 Å². The Morgan fingerprint density at radius 2 is 0.500 bits per heavy atom. The minimum Gasteiger partial charge on any atom is -0.371 e. The van der Waals surface area contributed by atoms with Gasteiger partial charge in [0.2, 0.25) is 0 Å². The Balaban J connectivity index is 7.84. The predicted octanol–water partition coefficient (Wildman–Crippen LogP) is 7.64. The molecular weight excluding hydrogens is 764 g/mol. The second kappa shape index (κ2) is 10.7. The monoisotopic (exact) mass is 766 g/mol. The van der Waals surface area contributed by atoms with Gasteiger partial charge in [-0.25, -0.2) is 9.47 Å². The third-order valence-electron chi connectivity index (χ3n) is 4.82. The van der Waals surface area contributed by atoms with Gasteiger partial charge in [-0.2, -0.15) is 123 Å². The van der Waals surface area contributed by atoms with Crippen LogP contribution in [0.3, 0.4) is 0 Å². The molecule has 4 nitrogen and oxygen atoms in total. The lowest BCUT2D eigenvalue weighted by Gasteiger charge is -2.49. The molecule has 278 valence electrons. The van der Waals surface area contributed by atoms with Crippen LogP contribution in [-0.2, 0) is 9.47 Å². The van der Waals surface area contributed by atoms with Gasteiger partial charge in [-0.1, -0.05) is 0 Å². The Bertz CT molecular complexity index is 1090. The van der Waals surface area contributed by atoms with Gasteiger partial charge in [-0.3, -0.25) is 0 Å². The molecule has 0 saturated heterocycles. The topological polar surface area (TPSA) is 58.9 Å². The largest absolute Gasteiger partial charge is 0.460 e. The second-order valence-corrected chi connectivity index (χ2v) is 7.96. The van der Waals surface area contributed by atoms with Gasteiger partial charge in [0.25, 0.3) is 5.60 Å². The molecule has 0 aliphatic heterocycles. The molecule has 0 spiro atoms. The first-order valence-electron chi connectivity index (χ1n) is 9.31. The SMILES string of the molecule is OC(F)(F)C(F)(F)OC(F)(F)C(F)(F)OC(F)(F)C(O)(C(F)(F)C(F)(F)F)C(F)(F)C(F)(F)C(F)(F)C(F)(F)C(F)(F)C(F)(F)F. The summed E-state index contributed by atoms with van der Waals surface area (Å²) in [5.74, 6) is -57.2. The van der Waals surface area contributed by atoms with Gasteiger partial charge in [0.1, 0.15) is 0 Å². The molecule has 0 aromatic rings. The van der Waals surface area contributed by atoms with Crippen molar-refractivity contribution in [3.63, 3.8) is 0 Å². The van der Waals surface area contributed by atoms with Crippen LogP contribution in [0.2, 0.25) is 0 Å². The number of rotatable bonds is 13. The molecule has 0 fully saturated rings. The van der Waals surface area contributed by atoms with Crippen molar-refractivity contribution >= 4 is 0 Å². The first kappa shape index (κ1) is 43.9. The summed E-state index contributed by atoms with van der Waals surface area (Å²) < 4.78 is 370. The summed E-state index contributed by atoms with van der Waals surface area (Å²) >= 11 is 0. The van der Waals surface area contributed by atoms with E-state index in [1.807, 2.05) is 0 Å². The van der Waals surface area contributed by atoms with Crippen LogP contribution in [0, 0.1) is 0 Å². The van der Waals surface area contributed by atoms with Crippen molar-refractivity contribution < 1.29 is 143 Å². The number of hydrogen-bond acceptors (Lipinski definition) is 4. The van der Waals surface area contributed by atoms with E-state index in [0.29, 0.717) is 0 Å². The highest BCUT2D eigenvalue weighted by molar-refractivity contribution is 5.21. The van der Waals surface area contributed by atoms with E-state index in [0.717, 1.165) is 9.47 Å². The highest BCUT2D eigenvalue weighted by Crippen LogP contribution is 2.67. The molecule has 1 atom stereocenters. The molecule has 0 heterocycles. The van der Waals surface area contributed by atoms with Gasteiger partial charge in [-0.05, 0) is 0 Å². The highest BCUT2D eigenvalue weighted by atomic mass is 19.4. The zero-order valence-electron chi connectivity index (χ0n) is 19.3. The molecular formula is C14H2F28O4. The lowest BCUT2D eigenvalue weighted by molar-refractivity contribution is -0.570. The molecule has 0 amide bonds. The Hall–Kier alpha value is -2.12. The number of halogens is 28. The van der Waals surface area contributed by atoms with Crippen molar-refractivity contribution in [3.8, 4) is 0 Å². The van der Waals surface area contributed by atoms with Gasteiger partial charge in [0.15, 0.2) is 0 Å². The summed E-state index contributed by atoms with van der Waals surface area (Å²) in [6.45, 7) is 0. The molecule has 0 bridgehead atoms. The third kappa shape index (κ3) is 5.90. The molecule has 0 radical (unpaired) electrons. The number of alkyl halides is 28. The molecule has 0 aliphatic rings. The van der Waals surface area contributed by atoms with E-state index in [4.69, 9.17) is 10.2 Å². The van der Waals surface area contributed by atoms with Gasteiger partial charge < -0.3 is 10.2 Å². The molecule has 46 heavy (non-hydrogen) atoms. The minimum absolute atomic E-state index is 0.791. The lowest BCUT2D eigenvalue weighted by atomic mass is 9.79. The van der Waals surface area contributed by atoms with Crippen LogP contribution in [0.1, 0.15) is 0 Å². The van der Waals surface area contributed by atoms with E-state index in [-0.39, 0.29) is 0 Å². The number of aliphatic hydroxyl groups is 2. The summed E-state index contributed by atoms with van der Waals surface area (Å²) in [5, 5.41) is 16.3. The highest BCUT2D eigenvalue weighted by Gasteiger charge is 3.00. The van der Waals surface area contributed by atoms with Crippen LogP contribution in [0.15, 0.2) is 0 Å². The van der Waals surface area contributed by atoms with Crippen molar-refractivity contribution in [2.45, 2.75) is 84.0 Å². The summed E-state index contributed by atoms with van der Waals surface area (Å²) in [5.41, 5.74) is -9.72. The maximum absolute atomic E-state index is 14.2. The minimum atomic E-state index is -10.0. The zero-order chi connectivity index (χ0) is 38.4. The van der Waals surface area contributed by atoms with Crippen LogP contribution in [0.25, 0.3) is 0 Å². The van der Waals surface area contributed by atoms with Crippen LogP contribution >= 0.6 is 0 Å². The van der Waals surface area contributed by atoms with Crippen molar-refractivity contribution in [3.05, 3.63) is 0 Å². The third-order valence-corrected chi connectivity index (χ3v) is 4.82. The van der Waals surface area contributed by atoms with Gasteiger partial charge in [-0.15, -0.1) is 0 Å². The molecule has 0 saturated carbocycles. The average molecular weight is 766 g/mol. The maximum Gasteiger partial charge on any atom is 0.460 e. The standard InChI is InChI=1S/C14H2F28O4/c15-2(16,4(19,20)5(21,22)6(23,24)7(25,26)9(30,31)32)1(43,3(17,18)8(27,28)29)11(35,36)45-13(39,40)14(41,42)46-12(37,38)10(33,34)44/h43-44H. The fourth-order valence-electron chi connectivity index (χ4n) is 2.34. The predicted molar refractivity (Wildman–Crippen MR) is 75.9 cm³/mol. The molecule has 0 aromatic carbocycles. The maximum atomic E-state index is 14.2. The first-order valence-corrected chi connectivity index (χ1v) is 9.31. The van der Waals surface area contributed by atoms with Crippen LogP contribution in [0.4, 0.5) is 123 Å². The molecule has 1 unspecified atom stereocenters. The van der Waals surface area contributed by atoms with Crippen molar-refractivity contribution in [2.75, 3.05) is 0 Å². The summed E-state index contributed by atoms with van der Waals surface area (Å²) in [6, 6.07) is 0. The van der Waals surface area contributed by atoms with Crippen LogP contribution in [-0.4, -0.2) is 94.2 Å². The van der Waals surface area contributed by atoms with Gasteiger partial charge in [0, 0.05) is 0 Å². The Kier molecular flexibility index (Phi) is 10.2. The van der Waals surface area contributed by atoms with E-state index in [1.54, 1.807) is 0 Å². The van der Waals surface area contributed by atoms with Crippen LogP contribution in [0.5, 0.6) is 0 Å². The van der Waals surface area contributed by atoms with E-state index >= 15 is 0 Å². The van der Waals surface area contributed by atoms with E-state index < -0.39 is 84.0 Å². The van der Waals surface area contributed by atoms with Crippen molar-refractivity contribution in [1.29, 1.82) is 0 Å². The first-order chi connectivity index (χ1) is 19.2. The average Bonchev–Trinajstić information content (AvgIpc) is 2.73. The zero-order valence-corrected chi connectivity index (χ0v) is 19.3. The summed E-state index contributed by atoms with van der Waals surface area (Å²) in [6.07, 6.45) is -58.3. The number of ether oxygens (including phenoxy) is 2. The summed E-state index contributed by atoms with van der Waals surface area (Å²) in [7, 11) is 0. The molecule has 0 rings (SSSR count). The van der Waals surface area contributed by atoms with Crippen molar-refractivity contribution in [2.24, 2.45) is 0 Å². The molecule has 0 aromatic heterocycles. The Labute approximate surface area is 228 Å².